The number of nitrogen functional groups attached to an aromatic ring is 1. The van der Waals surface area contributed by atoms with Crippen LogP contribution >= 0.6 is 22.9 Å². The van der Waals surface area contributed by atoms with Gasteiger partial charge in [-0.25, -0.2) is 0 Å². The fourth-order valence-electron chi connectivity index (χ4n) is 2.23. The first kappa shape index (κ1) is 14.0. The molecule has 3 rings (SSSR count). The summed E-state index contributed by atoms with van der Waals surface area (Å²) < 4.78 is 0.714. The van der Waals surface area contributed by atoms with Crippen molar-refractivity contribution >= 4 is 45.4 Å². The lowest BCUT2D eigenvalue weighted by molar-refractivity contribution is 0.0942. The number of anilines is 1. The normalized spacial score (nSPS) is 12.5. The summed E-state index contributed by atoms with van der Waals surface area (Å²) in [5.74, 6) is -0.135. The van der Waals surface area contributed by atoms with Crippen LogP contribution in [0.2, 0.25) is 4.34 Å². The molecule has 1 unspecified atom stereocenters. The van der Waals surface area contributed by atoms with E-state index < -0.39 is 0 Å². The molecule has 2 aromatic heterocycles. The minimum Gasteiger partial charge on any atom is -0.399 e. The largest absolute Gasteiger partial charge is 0.399 e. The number of carbonyl (C=O) groups is 1. The second-order valence-electron chi connectivity index (χ2n) is 4.84. The molecule has 0 aliphatic rings. The van der Waals surface area contributed by atoms with Crippen molar-refractivity contribution in [3.8, 4) is 0 Å². The number of fused-ring (bicyclic) bond motifs is 1. The van der Waals surface area contributed by atoms with Crippen LogP contribution in [-0.4, -0.2) is 10.9 Å². The van der Waals surface area contributed by atoms with Gasteiger partial charge in [0.05, 0.1) is 15.9 Å². The highest BCUT2D eigenvalue weighted by Crippen LogP contribution is 2.27. The molecular weight excluding hydrogens is 306 g/mol. The molecule has 6 heteroatoms. The summed E-state index contributed by atoms with van der Waals surface area (Å²) in [6.45, 7) is 1.93. The van der Waals surface area contributed by atoms with Gasteiger partial charge < -0.3 is 16.0 Å². The minimum absolute atomic E-state index is 0.0963. The van der Waals surface area contributed by atoms with Crippen molar-refractivity contribution in [3.63, 3.8) is 0 Å². The molecule has 2 heterocycles. The van der Waals surface area contributed by atoms with Gasteiger partial charge in [0.15, 0.2) is 0 Å². The molecule has 21 heavy (non-hydrogen) atoms. The van der Waals surface area contributed by atoms with Crippen LogP contribution in [0, 0.1) is 0 Å². The number of thiophene rings is 1. The number of nitrogens with one attached hydrogen (secondary N) is 2. The van der Waals surface area contributed by atoms with Crippen LogP contribution in [0.1, 0.15) is 28.2 Å². The maximum atomic E-state index is 12.4. The Kier molecular flexibility index (Phi) is 3.61. The van der Waals surface area contributed by atoms with Gasteiger partial charge in [0.1, 0.15) is 0 Å². The Bertz CT molecular complexity index is 808. The van der Waals surface area contributed by atoms with Gasteiger partial charge in [-0.3, -0.25) is 4.79 Å². The van der Waals surface area contributed by atoms with E-state index in [1.807, 2.05) is 25.1 Å². The minimum atomic E-state index is -0.135. The molecule has 1 aromatic carbocycles. The summed E-state index contributed by atoms with van der Waals surface area (Å²) in [4.78, 5) is 16.5. The molecule has 1 atom stereocenters. The summed E-state index contributed by atoms with van der Waals surface area (Å²) in [6, 6.07) is 9.12. The van der Waals surface area contributed by atoms with Gasteiger partial charge in [0.25, 0.3) is 5.91 Å². The Morgan fingerprint density at radius 1 is 1.38 bits per heavy atom. The van der Waals surface area contributed by atoms with Gasteiger partial charge in [-0.05, 0) is 37.3 Å². The summed E-state index contributed by atoms with van der Waals surface area (Å²) in [5, 5.41) is 3.80. The number of amides is 1. The Morgan fingerprint density at radius 3 is 2.90 bits per heavy atom. The van der Waals surface area contributed by atoms with Crippen molar-refractivity contribution in [1.82, 2.24) is 10.3 Å². The Labute approximate surface area is 130 Å². The molecule has 0 bridgehead atoms. The van der Waals surface area contributed by atoms with Gasteiger partial charge in [0.2, 0.25) is 0 Å². The topological polar surface area (TPSA) is 70.9 Å². The number of hydrogen-bond donors (Lipinski definition) is 3. The summed E-state index contributed by atoms with van der Waals surface area (Å²) in [7, 11) is 0. The van der Waals surface area contributed by atoms with Gasteiger partial charge >= 0.3 is 0 Å². The SMILES string of the molecule is CC(NC(=O)c1c[nH]c2ccc(N)cc12)c1ccc(Cl)s1. The molecule has 0 fully saturated rings. The lowest BCUT2D eigenvalue weighted by atomic mass is 10.1. The van der Waals surface area contributed by atoms with Gasteiger partial charge in [-0.1, -0.05) is 11.6 Å². The van der Waals surface area contributed by atoms with E-state index in [1.54, 1.807) is 18.3 Å². The number of aromatic amines is 1. The van der Waals surface area contributed by atoms with Crippen LogP contribution < -0.4 is 11.1 Å². The molecule has 1 amide bonds. The maximum Gasteiger partial charge on any atom is 0.253 e. The standard InChI is InChI=1S/C15H14ClN3OS/c1-8(13-4-5-14(16)21-13)19-15(20)11-7-18-12-3-2-9(17)6-10(11)12/h2-8,18H,17H2,1H3,(H,19,20). The average molecular weight is 320 g/mol. The van der Waals surface area contributed by atoms with Crippen molar-refractivity contribution in [1.29, 1.82) is 0 Å². The van der Waals surface area contributed by atoms with Gasteiger partial charge in [-0.2, -0.15) is 0 Å². The van der Waals surface area contributed by atoms with E-state index in [2.05, 4.69) is 10.3 Å². The molecule has 0 saturated carbocycles. The van der Waals surface area contributed by atoms with E-state index in [9.17, 15) is 4.79 Å². The molecule has 4 N–H and O–H groups in total. The Balaban J connectivity index is 1.85. The average Bonchev–Trinajstić information content (AvgIpc) is 3.04. The van der Waals surface area contributed by atoms with E-state index in [1.165, 1.54) is 11.3 Å². The predicted octanol–water partition coefficient (Wildman–Crippen LogP) is 3.96. The highest BCUT2D eigenvalue weighted by molar-refractivity contribution is 7.16. The summed E-state index contributed by atoms with van der Waals surface area (Å²) in [5.41, 5.74) is 7.90. The van der Waals surface area contributed by atoms with E-state index >= 15 is 0 Å². The number of halogens is 1. The van der Waals surface area contributed by atoms with Crippen molar-refractivity contribution in [2.45, 2.75) is 13.0 Å². The van der Waals surface area contributed by atoms with Crippen molar-refractivity contribution in [3.05, 3.63) is 51.3 Å². The maximum absolute atomic E-state index is 12.4. The van der Waals surface area contributed by atoms with Crippen molar-refractivity contribution < 1.29 is 4.79 Å². The third kappa shape index (κ3) is 2.75. The quantitative estimate of drug-likeness (QED) is 0.639. The lowest BCUT2D eigenvalue weighted by Gasteiger charge is -2.11. The van der Waals surface area contributed by atoms with E-state index in [0.717, 1.165) is 15.8 Å². The Morgan fingerprint density at radius 2 is 2.19 bits per heavy atom. The van der Waals surface area contributed by atoms with E-state index in [0.29, 0.717) is 15.6 Å². The van der Waals surface area contributed by atoms with Crippen LogP contribution in [0.4, 0.5) is 5.69 Å². The first-order valence-corrected chi connectivity index (χ1v) is 7.67. The summed E-state index contributed by atoms with van der Waals surface area (Å²) >= 11 is 7.39. The van der Waals surface area contributed by atoms with E-state index in [4.69, 9.17) is 17.3 Å². The molecule has 0 aliphatic carbocycles. The molecular formula is C15H14ClN3OS. The third-order valence-electron chi connectivity index (χ3n) is 3.32. The molecule has 4 nitrogen and oxygen atoms in total. The monoisotopic (exact) mass is 319 g/mol. The summed E-state index contributed by atoms with van der Waals surface area (Å²) in [6.07, 6.45) is 1.70. The molecule has 108 valence electrons. The second kappa shape index (κ2) is 5.42. The van der Waals surface area contributed by atoms with Crippen LogP contribution in [0.25, 0.3) is 10.9 Å². The number of rotatable bonds is 3. The number of hydrogen-bond acceptors (Lipinski definition) is 3. The highest BCUT2D eigenvalue weighted by atomic mass is 35.5. The lowest BCUT2D eigenvalue weighted by Crippen LogP contribution is -2.25. The van der Waals surface area contributed by atoms with Crippen LogP contribution in [-0.2, 0) is 0 Å². The number of benzene rings is 1. The third-order valence-corrected chi connectivity index (χ3v) is 4.73. The number of nitrogens with two attached hydrogens (primary N) is 1. The zero-order valence-electron chi connectivity index (χ0n) is 11.3. The molecule has 0 aliphatic heterocycles. The smallest absolute Gasteiger partial charge is 0.253 e. The highest BCUT2D eigenvalue weighted by Gasteiger charge is 2.16. The second-order valence-corrected chi connectivity index (χ2v) is 6.59. The number of aromatic nitrogens is 1. The first-order valence-electron chi connectivity index (χ1n) is 6.47. The van der Waals surface area contributed by atoms with Crippen LogP contribution in [0.15, 0.2) is 36.5 Å². The van der Waals surface area contributed by atoms with Crippen molar-refractivity contribution in [2.75, 3.05) is 5.73 Å². The Hall–Kier alpha value is -1.98. The number of carbonyl (C=O) groups excluding carboxylic acids is 1. The van der Waals surface area contributed by atoms with Gasteiger partial charge in [-0.15, -0.1) is 11.3 Å². The predicted molar refractivity (Wildman–Crippen MR) is 87.9 cm³/mol. The zero-order chi connectivity index (χ0) is 15.0. The van der Waals surface area contributed by atoms with Crippen LogP contribution in [0.5, 0.6) is 0 Å². The number of H-pyrrole nitrogens is 1. The molecule has 0 radical (unpaired) electrons. The van der Waals surface area contributed by atoms with Crippen molar-refractivity contribution in [2.24, 2.45) is 0 Å². The van der Waals surface area contributed by atoms with Crippen LogP contribution in [0.3, 0.4) is 0 Å². The fraction of sp³-hybridized carbons (Fsp3) is 0.133. The zero-order valence-corrected chi connectivity index (χ0v) is 12.9. The van der Waals surface area contributed by atoms with E-state index in [-0.39, 0.29) is 11.9 Å². The fourth-order valence-corrected chi connectivity index (χ4v) is 3.30. The molecule has 3 aromatic rings. The van der Waals surface area contributed by atoms with Gasteiger partial charge in [0, 0.05) is 27.7 Å². The first-order chi connectivity index (χ1) is 10.0. The molecule has 0 spiro atoms. The molecule has 0 saturated heterocycles.